The summed E-state index contributed by atoms with van der Waals surface area (Å²) in [6, 6.07) is 5.20. The fourth-order valence-electron chi connectivity index (χ4n) is 1.83. The van der Waals surface area contributed by atoms with Crippen LogP contribution < -0.4 is 5.32 Å². The normalized spacial score (nSPS) is 16.3. The molecule has 0 saturated heterocycles. The first-order valence-corrected chi connectivity index (χ1v) is 8.54. The SMILES string of the molecule is CS(=O)(=O)C(F)(c1ccccc1)C(CO)NC(=O)C(Cl)Cl. The Hall–Kier alpha value is -0.890. The zero-order chi connectivity index (χ0) is 16.3. The number of carbonyl (C=O) groups is 1. The monoisotopic (exact) mass is 357 g/mol. The van der Waals surface area contributed by atoms with Crippen LogP contribution in [-0.2, 0) is 19.6 Å². The van der Waals surface area contributed by atoms with E-state index in [-0.39, 0.29) is 5.56 Å². The van der Waals surface area contributed by atoms with Crippen LogP contribution in [-0.4, -0.2) is 43.2 Å². The van der Waals surface area contributed by atoms with E-state index in [1.165, 1.54) is 24.3 Å². The summed E-state index contributed by atoms with van der Waals surface area (Å²) in [5.74, 6) is -1.00. The van der Waals surface area contributed by atoms with Crippen LogP contribution in [0.3, 0.4) is 0 Å². The first-order valence-electron chi connectivity index (χ1n) is 5.78. The van der Waals surface area contributed by atoms with Crippen molar-refractivity contribution in [2.45, 2.75) is 15.9 Å². The predicted molar refractivity (Wildman–Crippen MR) is 78.6 cm³/mol. The minimum Gasteiger partial charge on any atom is -0.394 e. The Kier molecular flexibility index (Phi) is 5.98. The Morgan fingerprint density at radius 3 is 2.29 bits per heavy atom. The molecule has 2 unspecified atom stereocenters. The van der Waals surface area contributed by atoms with Crippen molar-refractivity contribution in [2.75, 3.05) is 12.9 Å². The third-order valence-electron chi connectivity index (χ3n) is 2.85. The van der Waals surface area contributed by atoms with Gasteiger partial charge in [-0.05, 0) is 0 Å². The third-order valence-corrected chi connectivity index (χ3v) is 4.85. The molecule has 21 heavy (non-hydrogen) atoms. The van der Waals surface area contributed by atoms with Crippen molar-refractivity contribution in [3.63, 3.8) is 0 Å². The van der Waals surface area contributed by atoms with Crippen LogP contribution in [0.15, 0.2) is 30.3 Å². The summed E-state index contributed by atoms with van der Waals surface area (Å²) in [6.07, 6.45) is 0.674. The molecule has 0 spiro atoms. The van der Waals surface area contributed by atoms with Gasteiger partial charge in [-0.3, -0.25) is 4.79 Å². The van der Waals surface area contributed by atoms with Crippen molar-refractivity contribution in [1.29, 1.82) is 0 Å². The zero-order valence-corrected chi connectivity index (χ0v) is 13.3. The smallest absolute Gasteiger partial charge is 0.257 e. The van der Waals surface area contributed by atoms with Crippen molar-refractivity contribution in [1.82, 2.24) is 5.32 Å². The van der Waals surface area contributed by atoms with Crippen LogP contribution >= 0.6 is 23.2 Å². The molecule has 1 amide bonds. The Morgan fingerprint density at radius 1 is 1.38 bits per heavy atom. The lowest BCUT2D eigenvalue weighted by molar-refractivity contribution is -0.121. The average Bonchev–Trinajstić information content (AvgIpc) is 2.43. The molecule has 1 rings (SSSR count). The Bertz CT molecular complexity index is 597. The average molecular weight is 358 g/mol. The fourth-order valence-corrected chi connectivity index (χ4v) is 3.17. The summed E-state index contributed by atoms with van der Waals surface area (Å²) in [5.41, 5.74) is -0.215. The number of hydrogen-bond donors (Lipinski definition) is 2. The van der Waals surface area contributed by atoms with E-state index in [9.17, 15) is 18.3 Å². The maximum Gasteiger partial charge on any atom is 0.257 e. The van der Waals surface area contributed by atoms with E-state index in [0.717, 1.165) is 0 Å². The maximum atomic E-state index is 15.3. The van der Waals surface area contributed by atoms with Gasteiger partial charge in [-0.1, -0.05) is 53.5 Å². The lowest BCUT2D eigenvalue weighted by atomic mass is 10.0. The molecule has 1 aromatic rings. The number of amides is 1. The van der Waals surface area contributed by atoms with Crippen LogP contribution in [0.4, 0.5) is 4.39 Å². The van der Waals surface area contributed by atoms with Gasteiger partial charge in [0.25, 0.3) is 10.9 Å². The highest BCUT2D eigenvalue weighted by molar-refractivity contribution is 7.91. The van der Waals surface area contributed by atoms with E-state index >= 15 is 4.39 Å². The Labute approximate surface area is 132 Å². The van der Waals surface area contributed by atoms with Crippen molar-refractivity contribution in [3.8, 4) is 0 Å². The molecule has 0 aliphatic heterocycles. The molecule has 2 N–H and O–H groups in total. The molecule has 118 valence electrons. The van der Waals surface area contributed by atoms with Gasteiger partial charge in [0.2, 0.25) is 0 Å². The predicted octanol–water partition coefficient (Wildman–Crippen LogP) is 1.13. The van der Waals surface area contributed by atoms with Gasteiger partial charge in [-0.2, -0.15) is 0 Å². The Morgan fingerprint density at radius 2 is 1.90 bits per heavy atom. The van der Waals surface area contributed by atoms with Crippen LogP contribution in [0.5, 0.6) is 0 Å². The van der Waals surface area contributed by atoms with Gasteiger partial charge < -0.3 is 10.4 Å². The van der Waals surface area contributed by atoms with Gasteiger partial charge in [-0.25, -0.2) is 12.8 Å². The van der Waals surface area contributed by atoms with E-state index < -0.39 is 38.2 Å². The molecule has 0 radical (unpaired) electrons. The molecular weight excluding hydrogens is 344 g/mol. The van der Waals surface area contributed by atoms with E-state index in [1.54, 1.807) is 6.07 Å². The number of aliphatic hydroxyl groups excluding tert-OH is 1. The molecule has 9 heteroatoms. The van der Waals surface area contributed by atoms with E-state index in [2.05, 4.69) is 0 Å². The fraction of sp³-hybridized carbons (Fsp3) is 0.417. The van der Waals surface area contributed by atoms with Crippen LogP contribution in [0, 0.1) is 0 Å². The Balaban J connectivity index is 3.34. The van der Waals surface area contributed by atoms with E-state index in [1.807, 2.05) is 5.32 Å². The van der Waals surface area contributed by atoms with Gasteiger partial charge in [-0.15, -0.1) is 0 Å². The van der Waals surface area contributed by atoms with Gasteiger partial charge in [0.15, 0.2) is 14.7 Å². The number of benzene rings is 1. The molecule has 0 saturated carbocycles. The summed E-state index contributed by atoms with van der Waals surface area (Å²) >= 11 is 10.7. The van der Waals surface area contributed by atoms with E-state index in [0.29, 0.717) is 6.26 Å². The van der Waals surface area contributed by atoms with Crippen LogP contribution in [0.25, 0.3) is 0 Å². The van der Waals surface area contributed by atoms with Gasteiger partial charge in [0, 0.05) is 11.8 Å². The highest BCUT2D eigenvalue weighted by Gasteiger charge is 2.51. The summed E-state index contributed by atoms with van der Waals surface area (Å²) in [5, 5.41) is 8.30. The summed E-state index contributed by atoms with van der Waals surface area (Å²) in [7, 11) is -4.33. The molecule has 1 aromatic carbocycles. The number of halogens is 3. The molecule has 0 heterocycles. The van der Waals surface area contributed by atoms with Gasteiger partial charge >= 0.3 is 0 Å². The molecular formula is C12H14Cl2FNO4S. The van der Waals surface area contributed by atoms with Crippen molar-refractivity contribution in [2.24, 2.45) is 0 Å². The zero-order valence-electron chi connectivity index (χ0n) is 11.0. The molecule has 0 fully saturated rings. The van der Waals surface area contributed by atoms with Crippen LogP contribution in [0.1, 0.15) is 5.56 Å². The number of aliphatic hydroxyl groups is 1. The van der Waals surface area contributed by atoms with Crippen molar-refractivity contribution in [3.05, 3.63) is 35.9 Å². The molecule has 0 aliphatic rings. The first-order chi connectivity index (χ1) is 9.64. The molecule has 0 aliphatic carbocycles. The largest absolute Gasteiger partial charge is 0.394 e. The van der Waals surface area contributed by atoms with Crippen molar-refractivity contribution >= 4 is 38.9 Å². The quantitative estimate of drug-likeness (QED) is 0.747. The lowest BCUT2D eigenvalue weighted by Gasteiger charge is -2.32. The number of sulfone groups is 1. The third kappa shape index (κ3) is 3.85. The number of nitrogens with one attached hydrogen (secondary N) is 1. The van der Waals surface area contributed by atoms with Crippen LogP contribution in [0.2, 0.25) is 0 Å². The number of rotatable bonds is 6. The standard InChI is InChI=1S/C12H14Cl2FNO4S/c1-21(19,20)12(15,8-5-3-2-4-6-8)9(7-17)16-11(18)10(13)14/h2-6,9-10,17H,7H2,1H3,(H,16,18). The molecule has 0 aromatic heterocycles. The summed E-state index contributed by atoms with van der Waals surface area (Å²) < 4.78 is 39.1. The maximum absolute atomic E-state index is 15.3. The van der Waals surface area contributed by atoms with E-state index in [4.69, 9.17) is 23.2 Å². The van der Waals surface area contributed by atoms with Gasteiger partial charge in [0.1, 0.15) is 6.04 Å². The molecule has 2 atom stereocenters. The minimum atomic E-state index is -4.33. The number of carbonyl (C=O) groups excluding carboxylic acids is 1. The highest BCUT2D eigenvalue weighted by atomic mass is 35.5. The second kappa shape index (κ2) is 6.91. The highest BCUT2D eigenvalue weighted by Crippen LogP contribution is 2.35. The second-order valence-electron chi connectivity index (χ2n) is 4.33. The topological polar surface area (TPSA) is 83.5 Å². The summed E-state index contributed by atoms with van der Waals surface area (Å²) in [4.78, 5) is 9.95. The van der Waals surface area contributed by atoms with Crippen molar-refractivity contribution < 1.29 is 22.7 Å². The number of hydrogen-bond acceptors (Lipinski definition) is 4. The minimum absolute atomic E-state index is 0.215. The molecule has 5 nitrogen and oxygen atoms in total. The lowest BCUT2D eigenvalue weighted by Crippen LogP contribution is -2.55. The summed E-state index contributed by atoms with van der Waals surface area (Å²) in [6.45, 7) is -0.954. The number of alkyl halides is 3. The first kappa shape index (κ1) is 18.2. The second-order valence-corrected chi connectivity index (χ2v) is 7.56. The molecule has 0 bridgehead atoms. The van der Waals surface area contributed by atoms with Gasteiger partial charge in [0.05, 0.1) is 6.61 Å².